The summed E-state index contributed by atoms with van der Waals surface area (Å²) in [6.45, 7) is 0. The van der Waals surface area contributed by atoms with Gasteiger partial charge in [0.2, 0.25) is 0 Å². The second-order valence-electron chi connectivity index (χ2n) is 8.47. The van der Waals surface area contributed by atoms with E-state index >= 15 is 0 Å². The van der Waals surface area contributed by atoms with Gasteiger partial charge in [-0.15, -0.1) is 0 Å². The third-order valence-corrected chi connectivity index (χ3v) is 5.88. The van der Waals surface area contributed by atoms with Crippen LogP contribution in [0.15, 0.2) is 121 Å². The van der Waals surface area contributed by atoms with Gasteiger partial charge in [0, 0.05) is 5.56 Å². The van der Waals surface area contributed by atoms with Gasteiger partial charge in [-0.05, 0) is 77.4 Å². The van der Waals surface area contributed by atoms with Gasteiger partial charge in [0.15, 0.2) is 0 Å². The number of rotatable bonds is 8. The number of carbonyl (C=O) groups is 2. The van der Waals surface area contributed by atoms with E-state index in [9.17, 15) is 19.8 Å². The largest absolute Gasteiger partial charge is 0.478 e. The molecule has 5 aromatic carbocycles. The van der Waals surface area contributed by atoms with Gasteiger partial charge in [0.1, 0.15) is 23.0 Å². The van der Waals surface area contributed by atoms with E-state index in [1.54, 1.807) is 24.3 Å². The summed E-state index contributed by atoms with van der Waals surface area (Å²) < 4.78 is 12.0. The monoisotopic (exact) mass is 502 g/mol. The number of aromatic carboxylic acids is 2. The molecular weight excluding hydrogens is 480 g/mol. The smallest absolute Gasteiger partial charge is 0.335 e. The lowest BCUT2D eigenvalue weighted by molar-refractivity contribution is 0.0686. The summed E-state index contributed by atoms with van der Waals surface area (Å²) in [7, 11) is 0. The summed E-state index contributed by atoms with van der Waals surface area (Å²) >= 11 is 0. The lowest BCUT2D eigenvalue weighted by Gasteiger charge is -2.14. The molecule has 0 aliphatic rings. The van der Waals surface area contributed by atoms with Crippen LogP contribution in [0.2, 0.25) is 0 Å². The second kappa shape index (κ2) is 10.7. The van der Waals surface area contributed by atoms with Crippen LogP contribution in [0.5, 0.6) is 23.0 Å². The highest BCUT2D eigenvalue weighted by Crippen LogP contribution is 2.37. The number of benzene rings is 5. The van der Waals surface area contributed by atoms with Crippen LogP contribution < -0.4 is 9.47 Å². The average Bonchev–Trinajstić information content (AvgIpc) is 2.94. The Morgan fingerprint density at radius 2 is 1.05 bits per heavy atom. The molecule has 0 amide bonds. The molecule has 0 aliphatic heterocycles. The van der Waals surface area contributed by atoms with Crippen molar-refractivity contribution in [2.75, 3.05) is 0 Å². The van der Waals surface area contributed by atoms with Crippen LogP contribution in [0.3, 0.4) is 0 Å². The van der Waals surface area contributed by atoms with Crippen molar-refractivity contribution in [3.05, 3.63) is 132 Å². The zero-order valence-corrected chi connectivity index (χ0v) is 20.1. The normalized spacial score (nSPS) is 10.5. The Morgan fingerprint density at radius 3 is 1.66 bits per heavy atom. The van der Waals surface area contributed by atoms with E-state index in [1.807, 2.05) is 72.8 Å². The molecule has 0 aliphatic carbocycles. The molecule has 6 heteroatoms. The Labute approximate surface area is 219 Å². The highest BCUT2D eigenvalue weighted by Gasteiger charge is 2.12. The van der Waals surface area contributed by atoms with Crippen molar-refractivity contribution >= 4 is 11.9 Å². The van der Waals surface area contributed by atoms with Crippen LogP contribution in [-0.2, 0) is 0 Å². The van der Waals surface area contributed by atoms with Crippen molar-refractivity contribution in [1.82, 2.24) is 0 Å². The molecule has 2 N–H and O–H groups in total. The molecule has 0 atom stereocenters. The molecule has 186 valence electrons. The predicted molar refractivity (Wildman–Crippen MR) is 144 cm³/mol. The predicted octanol–water partition coefficient (Wildman–Crippen LogP) is 8.00. The first-order chi connectivity index (χ1) is 18.5. The van der Waals surface area contributed by atoms with E-state index in [1.165, 1.54) is 24.3 Å². The fourth-order valence-corrected chi connectivity index (χ4v) is 4.01. The van der Waals surface area contributed by atoms with Crippen LogP contribution in [0.4, 0.5) is 0 Å². The minimum Gasteiger partial charge on any atom is -0.478 e. The van der Waals surface area contributed by atoms with Crippen LogP contribution in [0, 0.1) is 0 Å². The summed E-state index contributed by atoms with van der Waals surface area (Å²) in [5.74, 6) is 0.0255. The van der Waals surface area contributed by atoms with Gasteiger partial charge in [0.25, 0.3) is 0 Å². The third kappa shape index (κ3) is 5.55. The number of hydrogen-bond acceptors (Lipinski definition) is 4. The molecule has 6 nitrogen and oxygen atoms in total. The lowest BCUT2D eigenvalue weighted by atomic mass is 9.98. The van der Waals surface area contributed by atoms with Gasteiger partial charge in [-0.25, -0.2) is 9.59 Å². The van der Waals surface area contributed by atoms with Gasteiger partial charge in [-0.2, -0.15) is 0 Å². The maximum Gasteiger partial charge on any atom is 0.335 e. The third-order valence-electron chi connectivity index (χ3n) is 5.88. The molecular formula is C32H22O6. The Morgan fingerprint density at radius 1 is 0.474 bits per heavy atom. The van der Waals surface area contributed by atoms with Gasteiger partial charge in [-0.3, -0.25) is 0 Å². The lowest BCUT2D eigenvalue weighted by Crippen LogP contribution is -1.96. The number of ether oxygens (including phenoxy) is 2. The SMILES string of the molecule is O=C(O)c1cccc(Oc2ccc(-c3ccc(Oc4cccc(C(=O)O)c4)c(-c4ccccc4)c3)cc2)c1. The fourth-order valence-electron chi connectivity index (χ4n) is 4.01. The van der Waals surface area contributed by atoms with E-state index in [0.29, 0.717) is 23.0 Å². The first-order valence-electron chi connectivity index (χ1n) is 11.8. The standard InChI is InChI=1S/C32H22O6/c33-31(34)24-8-4-10-27(18-24)37-26-15-12-21(13-16-26)23-14-17-30(29(20-23)22-6-2-1-3-7-22)38-28-11-5-9-25(19-28)32(35)36/h1-20H,(H,33,34)(H,35,36). The Bertz CT molecular complexity index is 1610. The first-order valence-corrected chi connectivity index (χ1v) is 11.8. The number of hydrogen-bond donors (Lipinski definition) is 2. The van der Waals surface area contributed by atoms with E-state index < -0.39 is 11.9 Å². The van der Waals surface area contributed by atoms with Crippen molar-refractivity contribution in [1.29, 1.82) is 0 Å². The second-order valence-corrected chi connectivity index (χ2v) is 8.47. The highest BCUT2D eigenvalue weighted by molar-refractivity contribution is 5.88. The van der Waals surface area contributed by atoms with Crippen molar-refractivity contribution in [3.63, 3.8) is 0 Å². The number of carboxylic acid groups (broad SMARTS) is 2. The summed E-state index contributed by atoms with van der Waals surface area (Å²) in [5, 5.41) is 18.5. The van der Waals surface area contributed by atoms with Gasteiger partial charge >= 0.3 is 11.9 Å². The molecule has 0 fully saturated rings. The Balaban J connectivity index is 1.44. The van der Waals surface area contributed by atoms with E-state index in [4.69, 9.17) is 9.47 Å². The molecule has 38 heavy (non-hydrogen) atoms. The first kappa shape index (κ1) is 24.3. The maximum absolute atomic E-state index is 11.4. The molecule has 0 spiro atoms. The van der Waals surface area contributed by atoms with E-state index in [-0.39, 0.29) is 11.1 Å². The molecule has 0 saturated heterocycles. The summed E-state index contributed by atoms with van der Waals surface area (Å²) in [6.07, 6.45) is 0. The minimum absolute atomic E-state index is 0.150. The molecule has 0 bridgehead atoms. The minimum atomic E-state index is -1.02. The average molecular weight is 503 g/mol. The Hall–Kier alpha value is -5.36. The Kier molecular flexibility index (Phi) is 6.87. The maximum atomic E-state index is 11.4. The zero-order valence-electron chi connectivity index (χ0n) is 20.1. The van der Waals surface area contributed by atoms with Gasteiger partial charge in [0.05, 0.1) is 11.1 Å². The summed E-state index contributed by atoms with van der Waals surface area (Å²) in [4.78, 5) is 22.6. The topological polar surface area (TPSA) is 93.1 Å². The summed E-state index contributed by atoms with van der Waals surface area (Å²) in [5.41, 5.74) is 4.02. The number of carboxylic acids is 2. The molecule has 0 radical (unpaired) electrons. The van der Waals surface area contributed by atoms with Crippen molar-refractivity contribution in [2.45, 2.75) is 0 Å². The van der Waals surface area contributed by atoms with Gasteiger partial charge in [-0.1, -0.05) is 60.7 Å². The van der Waals surface area contributed by atoms with Crippen molar-refractivity contribution in [3.8, 4) is 45.3 Å². The molecule has 5 aromatic rings. The van der Waals surface area contributed by atoms with Crippen molar-refractivity contribution in [2.24, 2.45) is 0 Å². The molecule has 0 heterocycles. The highest BCUT2D eigenvalue weighted by atomic mass is 16.5. The quantitative estimate of drug-likeness (QED) is 0.223. The van der Waals surface area contributed by atoms with Crippen LogP contribution in [0.25, 0.3) is 22.3 Å². The fraction of sp³-hybridized carbons (Fsp3) is 0. The molecule has 5 rings (SSSR count). The van der Waals surface area contributed by atoms with Gasteiger partial charge < -0.3 is 19.7 Å². The molecule has 0 unspecified atom stereocenters. The summed E-state index contributed by atoms with van der Waals surface area (Å²) in [6, 6.07) is 35.9. The van der Waals surface area contributed by atoms with Crippen LogP contribution in [0.1, 0.15) is 20.7 Å². The van der Waals surface area contributed by atoms with E-state index in [0.717, 1.165) is 22.3 Å². The molecule has 0 aromatic heterocycles. The molecule has 0 saturated carbocycles. The van der Waals surface area contributed by atoms with Crippen molar-refractivity contribution < 1.29 is 29.3 Å². The van der Waals surface area contributed by atoms with Crippen LogP contribution in [-0.4, -0.2) is 22.2 Å². The van der Waals surface area contributed by atoms with Crippen LogP contribution >= 0.6 is 0 Å². The van der Waals surface area contributed by atoms with E-state index in [2.05, 4.69) is 0 Å². The zero-order chi connectivity index (χ0) is 26.5.